The van der Waals surface area contributed by atoms with E-state index in [0.717, 1.165) is 4.47 Å². The van der Waals surface area contributed by atoms with Crippen molar-refractivity contribution in [1.29, 1.82) is 0 Å². The van der Waals surface area contributed by atoms with Gasteiger partial charge in [-0.1, -0.05) is 15.9 Å². The highest BCUT2D eigenvalue weighted by atomic mass is 79.9. The van der Waals surface area contributed by atoms with Gasteiger partial charge in [-0.2, -0.15) is 0 Å². The van der Waals surface area contributed by atoms with Crippen LogP contribution in [0.5, 0.6) is 0 Å². The first-order chi connectivity index (χ1) is 8.04. The molecule has 0 aliphatic carbocycles. The number of carbonyl (C=O) groups is 2. The van der Waals surface area contributed by atoms with Crippen molar-refractivity contribution >= 4 is 27.7 Å². The van der Waals surface area contributed by atoms with E-state index in [9.17, 15) is 9.59 Å². The average Bonchev–Trinajstić information content (AvgIpc) is 2.30. The van der Waals surface area contributed by atoms with E-state index >= 15 is 0 Å². The van der Waals surface area contributed by atoms with E-state index in [4.69, 9.17) is 0 Å². The second-order valence-corrected chi connectivity index (χ2v) is 4.36. The van der Waals surface area contributed by atoms with Crippen molar-refractivity contribution in [1.82, 2.24) is 16.2 Å². The fourth-order valence-corrected chi connectivity index (χ4v) is 1.44. The third-order valence-electron chi connectivity index (χ3n) is 2.10. The molecular weight excluding hydrogens is 286 g/mol. The average molecular weight is 300 g/mol. The van der Waals surface area contributed by atoms with Gasteiger partial charge in [-0.3, -0.25) is 15.0 Å². The van der Waals surface area contributed by atoms with E-state index in [1.54, 1.807) is 38.2 Å². The fraction of sp³-hybridized carbons (Fsp3) is 0.273. The Hall–Kier alpha value is -1.40. The van der Waals surface area contributed by atoms with Crippen molar-refractivity contribution < 1.29 is 9.59 Å². The minimum absolute atomic E-state index is 0.281. The summed E-state index contributed by atoms with van der Waals surface area (Å²) in [6.07, 6.45) is 0. The quantitative estimate of drug-likeness (QED) is 0.721. The number of nitrogens with one attached hydrogen (secondary N) is 3. The third-order valence-corrected chi connectivity index (χ3v) is 2.62. The summed E-state index contributed by atoms with van der Waals surface area (Å²) in [6.45, 7) is 1.61. The molecular formula is C11H14BrN3O2. The van der Waals surface area contributed by atoms with E-state index < -0.39 is 6.04 Å². The molecule has 92 valence electrons. The molecule has 1 atom stereocenters. The number of rotatable bonds is 4. The van der Waals surface area contributed by atoms with E-state index in [2.05, 4.69) is 32.1 Å². The maximum absolute atomic E-state index is 11.7. The van der Waals surface area contributed by atoms with Crippen LogP contribution >= 0.6 is 15.9 Å². The lowest BCUT2D eigenvalue weighted by atomic mass is 10.2. The Bertz CT molecular complexity index is 406. The van der Waals surface area contributed by atoms with E-state index in [-0.39, 0.29) is 11.8 Å². The Morgan fingerprint density at radius 1 is 1.24 bits per heavy atom. The SMILES string of the molecule is CNNC(=O)[C@@H](C)NC(=O)c1ccc(Br)cc1. The van der Waals surface area contributed by atoms with Gasteiger partial charge >= 0.3 is 0 Å². The molecule has 3 N–H and O–H groups in total. The van der Waals surface area contributed by atoms with Gasteiger partial charge in [0.1, 0.15) is 6.04 Å². The predicted octanol–water partition coefficient (Wildman–Crippen LogP) is 0.818. The summed E-state index contributed by atoms with van der Waals surface area (Å²) in [5.74, 6) is -0.575. The summed E-state index contributed by atoms with van der Waals surface area (Å²) in [7, 11) is 1.58. The number of hydrogen-bond acceptors (Lipinski definition) is 3. The molecule has 17 heavy (non-hydrogen) atoms. The molecule has 0 saturated carbocycles. The molecule has 0 radical (unpaired) electrons. The lowest BCUT2D eigenvalue weighted by Crippen LogP contribution is -2.48. The summed E-state index contributed by atoms with van der Waals surface area (Å²) in [5.41, 5.74) is 5.42. The third kappa shape index (κ3) is 4.16. The number of amides is 2. The smallest absolute Gasteiger partial charge is 0.256 e. The Morgan fingerprint density at radius 2 is 1.82 bits per heavy atom. The molecule has 0 aromatic heterocycles. The molecule has 0 fully saturated rings. The van der Waals surface area contributed by atoms with Gasteiger partial charge < -0.3 is 5.32 Å². The molecule has 1 aromatic carbocycles. The van der Waals surface area contributed by atoms with Crippen LogP contribution in [-0.2, 0) is 4.79 Å². The Labute approximate surface area is 108 Å². The highest BCUT2D eigenvalue weighted by Gasteiger charge is 2.15. The first kappa shape index (κ1) is 13.7. The number of halogens is 1. The number of carbonyl (C=O) groups excluding carboxylic acids is 2. The molecule has 0 aliphatic rings. The second-order valence-electron chi connectivity index (χ2n) is 3.44. The van der Waals surface area contributed by atoms with Gasteiger partial charge in [-0.05, 0) is 31.2 Å². The van der Waals surface area contributed by atoms with Gasteiger partial charge in [0.15, 0.2) is 0 Å². The molecule has 5 nitrogen and oxygen atoms in total. The van der Waals surface area contributed by atoms with Crippen LogP contribution in [0.3, 0.4) is 0 Å². The largest absolute Gasteiger partial charge is 0.340 e. The first-order valence-electron chi connectivity index (χ1n) is 5.07. The monoisotopic (exact) mass is 299 g/mol. The molecule has 2 amide bonds. The molecule has 0 saturated heterocycles. The molecule has 0 aliphatic heterocycles. The zero-order valence-electron chi connectivity index (χ0n) is 9.58. The van der Waals surface area contributed by atoms with Crippen LogP contribution in [0, 0.1) is 0 Å². The highest BCUT2D eigenvalue weighted by Crippen LogP contribution is 2.10. The number of hydrazine groups is 1. The topological polar surface area (TPSA) is 70.2 Å². The normalized spacial score (nSPS) is 11.7. The first-order valence-corrected chi connectivity index (χ1v) is 5.87. The van der Waals surface area contributed by atoms with Crippen molar-refractivity contribution in [3.8, 4) is 0 Å². The summed E-state index contributed by atoms with van der Waals surface area (Å²) >= 11 is 3.29. The van der Waals surface area contributed by atoms with Crippen LogP contribution in [0.25, 0.3) is 0 Å². The highest BCUT2D eigenvalue weighted by molar-refractivity contribution is 9.10. The molecule has 1 rings (SSSR count). The minimum atomic E-state index is -0.599. The van der Waals surface area contributed by atoms with E-state index in [0.29, 0.717) is 5.56 Å². The summed E-state index contributed by atoms with van der Waals surface area (Å²) in [5, 5.41) is 2.59. The van der Waals surface area contributed by atoms with Gasteiger partial charge in [0.25, 0.3) is 11.8 Å². The zero-order valence-corrected chi connectivity index (χ0v) is 11.2. The summed E-state index contributed by atoms with van der Waals surface area (Å²) < 4.78 is 0.898. The van der Waals surface area contributed by atoms with E-state index in [1.165, 1.54) is 0 Å². The van der Waals surface area contributed by atoms with Crippen molar-refractivity contribution in [3.05, 3.63) is 34.3 Å². The van der Waals surface area contributed by atoms with Gasteiger partial charge in [0.2, 0.25) is 0 Å². The predicted molar refractivity (Wildman–Crippen MR) is 68.3 cm³/mol. The summed E-state index contributed by atoms with van der Waals surface area (Å²) in [6, 6.07) is 6.31. The molecule has 6 heteroatoms. The molecule has 0 spiro atoms. The molecule has 1 aromatic rings. The van der Waals surface area contributed by atoms with Gasteiger partial charge in [0.05, 0.1) is 0 Å². The van der Waals surface area contributed by atoms with Crippen molar-refractivity contribution in [2.24, 2.45) is 0 Å². The van der Waals surface area contributed by atoms with Gasteiger partial charge in [-0.25, -0.2) is 5.43 Å². The van der Waals surface area contributed by atoms with Crippen LogP contribution in [0.2, 0.25) is 0 Å². The fourth-order valence-electron chi connectivity index (χ4n) is 1.18. The lowest BCUT2D eigenvalue weighted by Gasteiger charge is -2.13. The molecule has 0 unspecified atom stereocenters. The Morgan fingerprint density at radius 3 is 2.35 bits per heavy atom. The van der Waals surface area contributed by atoms with Gasteiger partial charge in [0, 0.05) is 17.1 Å². The van der Waals surface area contributed by atoms with Crippen molar-refractivity contribution in [2.45, 2.75) is 13.0 Å². The van der Waals surface area contributed by atoms with Crippen LogP contribution in [0.15, 0.2) is 28.7 Å². The standard InChI is InChI=1S/C11H14BrN3O2/c1-7(10(16)15-13-2)14-11(17)8-3-5-9(12)6-4-8/h3-7,13H,1-2H3,(H,14,17)(H,15,16)/t7-/m1/s1. The molecule has 0 heterocycles. The molecule has 0 bridgehead atoms. The lowest BCUT2D eigenvalue weighted by molar-refractivity contribution is -0.123. The number of hydrogen-bond donors (Lipinski definition) is 3. The zero-order chi connectivity index (χ0) is 12.8. The second kappa shape index (κ2) is 6.36. The number of benzene rings is 1. The van der Waals surface area contributed by atoms with Crippen LogP contribution < -0.4 is 16.2 Å². The van der Waals surface area contributed by atoms with Crippen molar-refractivity contribution in [3.63, 3.8) is 0 Å². The van der Waals surface area contributed by atoms with Crippen LogP contribution in [-0.4, -0.2) is 24.9 Å². The van der Waals surface area contributed by atoms with E-state index in [1.807, 2.05) is 0 Å². The minimum Gasteiger partial charge on any atom is -0.340 e. The van der Waals surface area contributed by atoms with Crippen LogP contribution in [0.1, 0.15) is 17.3 Å². The van der Waals surface area contributed by atoms with Gasteiger partial charge in [-0.15, -0.1) is 0 Å². The van der Waals surface area contributed by atoms with Crippen molar-refractivity contribution in [2.75, 3.05) is 7.05 Å². The van der Waals surface area contributed by atoms with Crippen LogP contribution in [0.4, 0.5) is 0 Å². The Kier molecular flexibility index (Phi) is 5.11. The maximum atomic E-state index is 11.7. The Balaban J connectivity index is 2.60. The maximum Gasteiger partial charge on any atom is 0.256 e. The summed E-state index contributed by atoms with van der Waals surface area (Å²) in [4.78, 5) is 23.1.